The standard InChI is InChI=1S/C15H33N/c1-10(2)9-13(7)16-15(12(5)6)14(8)11(3)4/h10-16H,9H2,1-8H3. The summed E-state index contributed by atoms with van der Waals surface area (Å²) in [6.45, 7) is 18.6. The number of hydrogen-bond donors (Lipinski definition) is 1. The summed E-state index contributed by atoms with van der Waals surface area (Å²) < 4.78 is 0. The van der Waals surface area contributed by atoms with Crippen LogP contribution < -0.4 is 5.32 Å². The van der Waals surface area contributed by atoms with Crippen molar-refractivity contribution in [1.29, 1.82) is 0 Å². The fourth-order valence-corrected chi connectivity index (χ4v) is 2.47. The van der Waals surface area contributed by atoms with Crippen molar-refractivity contribution in [2.24, 2.45) is 23.7 Å². The van der Waals surface area contributed by atoms with Crippen LogP contribution in [0.25, 0.3) is 0 Å². The Hall–Kier alpha value is -0.0400. The predicted molar refractivity (Wildman–Crippen MR) is 74.7 cm³/mol. The Morgan fingerprint density at radius 2 is 1.25 bits per heavy atom. The Morgan fingerprint density at radius 3 is 1.56 bits per heavy atom. The van der Waals surface area contributed by atoms with Gasteiger partial charge < -0.3 is 5.32 Å². The molecule has 0 saturated heterocycles. The highest BCUT2D eigenvalue weighted by molar-refractivity contribution is 4.81. The molecule has 0 aliphatic rings. The Bertz CT molecular complexity index is 172. The van der Waals surface area contributed by atoms with Crippen LogP contribution in [0.15, 0.2) is 0 Å². The normalized spacial score (nSPS) is 18.2. The van der Waals surface area contributed by atoms with Gasteiger partial charge in [0.05, 0.1) is 0 Å². The number of hydrogen-bond acceptors (Lipinski definition) is 1. The average Bonchev–Trinajstić information content (AvgIpc) is 2.11. The van der Waals surface area contributed by atoms with E-state index in [0.717, 1.165) is 17.8 Å². The summed E-state index contributed by atoms with van der Waals surface area (Å²) >= 11 is 0. The van der Waals surface area contributed by atoms with Gasteiger partial charge in [0.15, 0.2) is 0 Å². The first-order chi connectivity index (χ1) is 7.25. The average molecular weight is 227 g/mol. The quantitative estimate of drug-likeness (QED) is 0.683. The number of nitrogens with one attached hydrogen (secondary N) is 1. The van der Waals surface area contributed by atoms with Crippen molar-refractivity contribution in [3.8, 4) is 0 Å². The molecular formula is C15H33N. The van der Waals surface area contributed by atoms with E-state index in [1.54, 1.807) is 0 Å². The molecule has 1 nitrogen and oxygen atoms in total. The highest BCUT2D eigenvalue weighted by atomic mass is 15.0. The Balaban J connectivity index is 4.33. The zero-order valence-electron chi connectivity index (χ0n) is 12.7. The molecule has 0 heterocycles. The molecule has 0 radical (unpaired) electrons. The third-order valence-corrected chi connectivity index (χ3v) is 3.64. The number of rotatable bonds is 7. The minimum Gasteiger partial charge on any atom is -0.311 e. The van der Waals surface area contributed by atoms with Crippen LogP contribution in [0.5, 0.6) is 0 Å². The van der Waals surface area contributed by atoms with Crippen molar-refractivity contribution in [2.75, 3.05) is 0 Å². The van der Waals surface area contributed by atoms with Crippen molar-refractivity contribution in [3.05, 3.63) is 0 Å². The molecule has 1 heteroatoms. The molecule has 16 heavy (non-hydrogen) atoms. The first-order valence-corrected chi connectivity index (χ1v) is 7.01. The molecule has 0 saturated carbocycles. The van der Waals surface area contributed by atoms with Crippen LogP contribution in [-0.2, 0) is 0 Å². The first kappa shape index (κ1) is 16.0. The van der Waals surface area contributed by atoms with Crippen LogP contribution in [-0.4, -0.2) is 12.1 Å². The third kappa shape index (κ3) is 5.89. The van der Waals surface area contributed by atoms with Gasteiger partial charge in [-0.1, -0.05) is 48.5 Å². The van der Waals surface area contributed by atoms with Gasteiger partial charge in [0.2, 0.25) is 0 Å². The Kier molecular flexibility index (Phi) is 7.30. The molecule has 0 spiro atoms. The van der Waals surface area contributed by atoms with Gasteiger partial charge in [-0.3, -0.25) is 0 Å². The van der Waals surface area contributed by atoms with Gasteiger partial charge in [-0.25, -0.2) is 0 Å². The monoisotopic (exact) mass is 227 g/mol. The van der Waals surface area contributed by atoms with Gasteiger partial charge in [-0.2, -0.15) is 0 Å². The molecule has 0 aromatic rings. The second kappa shape index (κ2) is 7.32. The summed E-state index contributed by atoms with van der Waals surface area (Å²) in [6, 6.07) is 1.28. The molecular weight excluding hydrogens is 194 g/mol. The molecule has 3 atom stereocenters. The maximum Gasteiger partial charge on any atom is 0.0121 e. The fraction of sp³-hybridized carbons (Fsp3) is 1.00. The van der Waals surface area contributed by atoms with Gasteiger partial charge in [0.25, 0.3) is 0 Å². The zero-order chi connectivity index (χ0) is 12.9. The lowest BCUT2D eigenvalue weighted by Crippen LogP contribution is -2.46. The van der Waals surface area contributed by atoms with Crippen LogP contribution in [0.3, 0.4) is 0 Å². The molecule has 0 aromatic heterocycles. The van der Waals surface area contributed by atoms with Crippen molar-refractivity contribution < 1.29 is 0 Å². The molecule has 0 rings (SSSR count). The SMILES string of the molecule is CC(C)CC(C)NC(C(C)C)C(C)C(C)C. The molecule has 98 valence electrons. The van der Waals surface area contributed by atoms with Crippen molar-refractivity contribution in [1.82, 2.24) is 5.32 Å². The third-order valence-electron chi connectivity index (χ3n) is 3.64. The van der Waals surface area contributed by atoms with E-state index >= 15 is 0 Å². The lowest BCUT2D eigenvalue weighted by molar-refractivity contribution is 0.219. The topological polar surface area (TPSA) is 12.0 Å². The Labute approximate surface area is 103 Å². The van der Waals surface area contributed by atoms with Crippen LogP contribution >= 0.6 is 0 Å². The molecule has 0 aromatic carbocycles. The summed E-state index contributed by atoms with van der Waals surface area (Å²) in [5, 5.41) is 3.83. The van der Waals surface area contributed by atoms with Gasteiger partial charge in [0.1, 0.15) is 0 Å². The first-order valence-electron chi connectivity index (χ1n) is 7.01. The Morgan fingerprint density at radius 1 is 0.750 bits per heavy atom. The summed E-state index contributed by atoms with van der Waals surface area (Å²) in [5.74, 6) is 3.00. The van der Waals surface area contributed by atoms with Crippen molar-refractivity contribution in [3.63, 3.8) is 0 Å². The van der Waals surface area contributed by atoms with Crippen LogP contribution in [0.1, 0.15) is 61.8 Å². The second-order valence-corrected chi connectivity index (χ2v) is 6.57. The van der Waals surface area contributed by atoms with Crippen molar-refractivity contribution >= 4 is 0 Å². The fourth-order valence-electron chi connectivity index (χ4n) is 2.47. The summed E-state index contributed by atoms with van der Waals surface area (Å²) in [7, 11) is 0. The molecule has 0 fully saturated rings. The van der Waals surface area contributed by atoms with E-state index in [9.17, 15) is 0 Å². The minimum absolute atomic E-state index is 0.633. The maximum atomic E-state index is 3.83. The largest absolute Gasteiger partial charge is 0.311 e. The molecule has 1 N–H and O–H groups in total. The van der Waals surface area contributed by atoms with E-state index < -0.39 is 0 Å². The van der Waals surface area contributed by atoms with Crippen LogP contribution in [0.2, 0.25) is 0 Å². The van der Waals surface area contributed by atoms with E-state index in [4.69, 9.17) is 0 Å². The van der Waals surface area contributed by atoms with Gasteiger partial charge in [-0.05, 0) is 37.0 Å². The smallest absolute Gasteiger partial charge is 0.0121 e. The summed E-state index contributed by atoms with van der Waals surface area (Å²) in [4.78, 5) is 0. The summed E-state index contributed by atoms with van der Waals surface area (Å²) in [5.41, 5.74) is 0. The summed E-state index contributed by atoms with van der Waals surface area (Å²) in [6.07, 6.45) is 1.27. The molecule has 0 bridgehead atoms. The van der Waals surface area contributed by atoms with E-state index in [2.05, 4.69) is 60.7 Å². The second-order valence-electron chi connectivity index (χ2n) is 6.57. The maximum absolute atomic E-state index is 3.83. The van der Waals surface area contributed by atoms with Crippen molar-refractivity contribution in [2.45, 2.75) is 73.9 Å². The zero-order valence-corrected chi connectivity index (χ0v) is 12.7. The van der Waals surface area contributed by atoms with E-state index in [1.165, 1.54) is 6.42 Å². The highest BCUT2D eigenvalue weighted by Crippen LogP contribution is 2.21. The molecule has 0 aliphatic heterocycles. The van der Waals surface area contributed by atoms with E-state index in [1.807, 2.05) is 0 Å². The van der Waals surface area contributed by atoms with Gasteiger partial charge in [0, 0.05) is 12.1 Å². The van der Waals surface area contributed by atoms with Crippen LogP contribution in [0, 0.1) is 23.7 Å². The van der Waals surface area contributed by atoms with E-state index in [-0.39, 0.29) is 0 Å². The lowest BCUT2D eigenvalue weighted by atomic mass is 9.83. The molecule has 3 unspecified atom stereocenters. The minimum atomic E-state index is 0.633. The molecule has 0 amide bonds. The lowest BCUT2D eigenvalue weighted by Gasteiger charge is -2.34. The molecule has 0 aliphatic carbocycles. The van der Waals surface area contributed by atoms with Gasteiger partial charge in [-0.15, -0.1) is 0 Å². The van der Waals surface area contributed by atoms with Crippen LogP contribution in [0.4, 0.5) is 0 Å². The highest BCUT2D eigenvalue weighted by Gasteiger charge is 2.24. The van der Waals surface area contributed by atoms with Gasteiger partial charge >= 0.3 is 0 Å². The van der Waals surface area contributed by atoms with E-state index in [0.29, 0.717) is 18.0 Å². The predicted octanol–water partition coefficient (Wildman–Crippen LogP) is 4.33.